The average molecular weight is 649 g/mol. The van der Waals surface area contributed by atoms with Gasteiger partial charge in [-0.3, -0.25) is 0 Å². The highest BCUT2D eigenvalue weighted by molar-refractivity contribution is 6.22. The first-order chi connectivity index (χ1) is 25.1. The van der Waals surface area contributed by atoms with Gasteiger partial charge in [0.2, 0.25) is 0 Å². The van der Waals surface area contributed by atoms with E-state index in [9.17, 15) is 0 Å². The number of rotatable bonds is 4. The fourth-order valence-corrected chi connectivity index (χ4v) is 8.84. The van der Waals surface area contributed by atoms with Gasteiger partial charge in [-0.05, 0) is 105 Å². The number of fused-ring (bicyclic) bond motifs is 4. The molecule has 1 aliphatic carbocycles. The third-order valence-electron chi connectivity index (χ3n) is 11.3. The largest absolute Gasteiger partial charge is 0.0622 e. The molecule has 10 rings (SSSR count). The van der Waals surface area contributed by atoms with Crippen molar-refractivity contribution < 1.29 is 0 Å². The maximum atomic E-state index is 2.40. The second-order valence-electron chi connectivity index (χ2n) is 14.4. The van der Waals surface area contributed by atoms with Crippen LogP contribution in [0.15, 0.2) is 182 Å². The summed E-state index contributed by atoms with van der Waals surface area (Å²) in [4.78, 5) is 0. The average Bonchev–Trinajstić information content (AvgIpc) is 3.19. The quantitative estimate of drug-likeness (QED) is 0.167. The van der Waals surface area contributed by atoms with E-state index in [1.807, 2.05) is 0 Å². The highest BCUT2D eigenvalue weighted by atomic mass is 14.4. The number of hydrogen-bond donors (Lipinski definition) is 0. The van der Waals surface area contributed by atoms with Crippen LogP contribution in [0, 0.1) is 0 Å². The first-order valence-corrected chi connectivity index (χ1v) is 17.9. The lowest BCUT2D eigenvalue weighted by atomic mass is 9.68. The predicted octanol–water partition coefficient (Wildman–Crippen LogP) is 14.1. The third kappa shape index (κ3) is 4.53. The van der Waals surface area contributed by atoms with E-state index >= 15 is 0 Å². The topological polar surface area (TPSA) is 0 Å². The van der Waals surface area contributed by atoms with Crippen LogP contribution in [0.5, 0.6) is 0 Å². The van der Waals surface area contributed by atoms with Crippen LogP contribution in [-0.4, -0.2) is 0 Å². The first-order valence-electron chi connectivity index (χ1n) is 17.9. The Labute approximate surface area is 299 Å². The zero-order chi connectivity index (χ0) is 34.1. The Morgan fingerprint density at radius 1 is 0.294 bits per heavy atom. The van der Waals surface area contributed by atoms with Gasteiger partial charge in [-0.15, -0.1) is 0 Å². The van der Waals surface area contributed by atoms with Gasteiger partial charge in [-0.25, -0.2) is 0 Å². The van der Waals surface area contributed by atoms with Gasteiger partial charge in [-0.2, -0.15) is 0 Å². The maximum absolute atomic E-state index is 2.40. The fraction of sp³-hybridized carbons (Fsp3) is 0.0588. The molecule has 9 aromatic rings. The second-order valence-corrected chi connectivity index (χ2v) is 14.4. The van der Waals surface area contributed by atoms with E-state index in [1.54, 1.807) is 0 Å². The van der Waals surface area contributed by atoms with Gasteiger partial charge < -0.3 is 0 Å². The number of hydrogen-bond acceptors (Lipinski definition) is 0. The summed E-state index contributed by atoms with van der Waals surface area (Å²) in [6, 6.07) is 67.3. The summed E-state index contributed by atoms with van der Waals surface area (Å²) in [7, 11) is 0. The molecule has 0 aliphatic heterocycles. The molecule has 0 bridgehead atoms. The Kier molecular flexibility index (Phi) is 6.63. The summed E-state index contributed by atoms with van der Waals surface area (Å²) in [5.74, 6) is 0. The van der Waals surface area contributed by atoms with Crippen LogP contribution >= 0.6 is 0 Å². The molecule has 0 aromatic heterocycles. The predicted molar refractivity (Wildman–Crippen MR) is 218 cm³/mol. The van der Waals surface area contributed by atoms with Crippen molar-refractivity contribution in [3.05, 3.63) is 193 Å². The van der Waals surface area contributed by atoms with Crippen LogP contribution in [0.25, 0.3) is 88.0 Å². The maximum Gasteiger partial charge on any atom is 0.0159 e. The van der Waals surface area contributed by atoms with Crippen molar-refractivity contribution in [3.63, 3.8) is 0 Å². The molecule has 9 aromatic carbocycles. The van der Waals surface area contributed by atoms with Crippen LogP contribution in [0.3, 0.4) is 0 Å². The third-order valence-corrected chi connectivity index (χ3v) is 11.3. The molecule has 51 heavy (non-hydrogen) atoms. The van der Waals surface area contributed by atoms with E-state index in [0.717, 1.165) is 0 Å². The van der Waals surface area contributed by atoms with Gasteiger partial charge in [0, 0.05) is 5.41 Å². The highest BCUT2D eigenvalue weighted by Gasteiger charge is 2.33. The lowest BCUT2D eigenvalue weighted by molar-refractivity contribution is 0.645. The van der Waals surface area contributed by atoms with E-state index in [-0.39, 0.29) is 5.41 Å². The molecule has 0 radical (unpaired) electrons. The lowest BCUT2D eigenvalue weighted by Gasteiger charge is -2.35. The molecule has 0 fully saturated rings. The van der Waals surface area contributed by atoms with E-state index in [1.165, 1.54) is 99.1 Å². The van der Waals surface area contributed by atoms with Gasteiger partial charge in [-0.1, -0.05) is 190 Å². The highest BCUT2D eigenvalue weighted by Crippen LogP contribution is 2.50. The normalized spacial score (nSPS) is 13.1. The van der Waals surface area contributed by atoms with Crippen molar-refractivity contribution >= 4 is 32.3 Å². The van der Waals surface area contributed by atoms with Crippen LogP contribution < -0.4 is 0 Å². The van der Waals surface area contributed by atoms with E-state index < -0.39 is 0 Å². The molecule has 0 unspecified atom stereocenters. The van der Waals surface area contributed by atoms with Crippen molar-refractivity contribution in [2.45, 2.75) is 19.3 Å². The van der Waals surface area contributed by atoms with Gasteiger partial charge in [0.15, 0.2) is 0 Å². The van der Waals surface area contributed by atoms with E-state index in [2.05, 4.69) is 196 Å². The van der Waals surface area contributed by atoms with Crippen molar-refractivity contribution in [3.8, 4) is 55.6 Å². The summed E-state index contributed by atoms with van der Waals surface area (Å²) in [5.41, 5.74) is 15.4. The SMILES string of the molecule is CC1(C)c2ccccc2-c2ccc(-c3ccc(-c4c5ccccc5c(-c5ccccc5)c5ccc(-c6ccccc6)cc45)cc3)c3cccc1c23. The number of benzene rings is 9. The van der Waals surface area contributed by atoms with Gasteiger partial charge in [0.1, 0.15) is 0 Å². The molecule has 0 saturated heterocycles. The summed E-state index contributed by atoms with van der Waals surface area (Å²) >= 11 is 0. The van der Waals surface area contributed by atoms with Crippen LogP contribution in [-0.2, 0) is 5.41 Å². The molecule has 0 N–H and O–H groups in total. The monoisotopic (exact) mass is 648 g/mol. The van der Waals surface area contributed by atoms with Crippen molar-refractivity contribution in [2.24, 2.45) is 0 Å². The minimum Gasteiger partial charge on any atom is -0.0622 e. The summed E-state index contributed by atoms with van der Waals surface area (Å²) in [5, 5.41) is 7.77. The van der Waals surface area contributed by atoms with Crippen LogP contribution in [0.2, 0.25) is 0 Å². The smallest absolute Gasteiger partial charge is 0.0159 e. The molecule has 0 atom stereocenters. The Hall–Kier alpha value is -6.24. The fourth-order valence-electron chi connectivity index (χ4n) is 8.84. The van der Waals surface area contributed by atoms with E-state index in [0.29, 0.717) is 0 Å². The Morgan fingerprint density at radius 3 is 1.55 bits per heavy atom. The molecule has 0 heteroatoms. The van der Waals surface area contributed by atoms with Crippen LogP contribution in [0.4, 0.5) is 0 Å². The summed E-state index contributed by atoms with van der Waals surface area (Å²) in [6.07, 6.45) is 0. The minimum atomic E-state index is -0.0712. The van der Waals surface area contributed by atoms with Gasteiger partial charge in [0.25, 0.3) is 0 Å². The molecule has 0 spiro atoms. The molecular formula is C51H36. The zero-order valence-corrected chi connectivity index (χ0v) is 28.8. The van der Waals surface area contributed by atoms with Crippen molar-refractivity contribution in [2.75, 3.05) is 0 Å². The standard InChI is InChI=1S/C51H36/c1-51(2)46-22-12-11-18-39(46)43-31-30-38(40-21-13-23-47(51)50(40)43)34-24-26-36(27-25-34)49-42-20-10-9-19-41(42)48(35-16-7-4-8-17-35)44-29-28-37(32-45(44)49)33-14-5-3-6-15-33/h3-32H,1-2H3. The Balaban J connectivity index is 1.19. The molecule has 0 saturated carbocycles. The molecule has 0 heterocycles. The lowest BCUT2D eigenvalue weighted by Crippen LogP contribution is -2.23. The van der Waals surface area contributed by atoms with Gasteiger partial charge >= 0.3 is 0 Å². The summed E-state index contributed by atoms with van der Waals surface area (Å²) < 4.78 is 0. The van der Waals surface area contributed by atoms with Crippen molar-refractivity contribution in [1.82, 2.24) is 0 Å². The molecule has 1 aliphatic rings. The molecule has 0 amide bonds. The second kappa shape index (κ2) is 11.4. The van der Waals surface area contributed by atoms with Crippen molar-refractivity contribution in [1.29, 1.82) is 0 Å². The van der Waals surface area contributed by atoms with Crippen LogP contribution in [0.1, 0.15) is 25.0 Å². The zero-order valence-electron chi connectivity index (χ0n) is 28.8. The molecule has 0 nitrogen and oxygen atoms in total. The Bertz CT molecular complexity index is 2790. The minimum absolute atomic E-state index is 0.0712. The first kappa shape index (κ1) is 29.7. The Morgan fingerprint density at radius 2 is 0.804 bits per heavy atom. The van der Waals surface area contributed by atoms with Gasteiger partial charge in [0.05, 0.1) is 0 Å². The van der Waals surface area contributed by atoms with E-state index in [4.69, 9.17) is 0 Å². The summed E-state index contributed by atoms with van der Waals surface area (Å²) in [6.45, 7) is 4.73. The molecule has 240 valence electrons. The molecular weight excluding hydrogens is 613 g/mol.